The first-order chi connectivity index (χ1) is 9.54. The lowest BCUT2D eigenvalue weighted by Gasteiger charge is -2.33. The monoisotopic (exact) mass is 339 g/mol. The van der Waals surface area contributed by atoms with Crippen molar-refractivity contribution in [1.82, 2.24) is 0 Å². The van der Waals surface area contributed by atoms with Crippen LogP contribution in [0.1, 0.15) is 37.0 Å². The Morgan fingerprint density at radius 3 is 2.75 bits per heavy atom. The van der Waals surface area contributed by atoms with Crippen LogP contribution in [-0.4, -0.2) is 32.1 Å². The number of hydrogen-bond acceptors (Lipinski definition) is 3. The molecule has 0 saturated heterocycles. The standard InChI is InChI=1S/C16H22BrNO2/c1-11(13-4-5-13)18(8-9-20-3)16-10-14(17)6-7-15(16)12(2)19/h6-7,10-11,13H,4-5,8-9H2,1-3H3. The van der Waals surface area contributed by atoms with Crippen LogP contribution < -0.4 is 4.90 Å². The van der Waals surface area contributed by atoms with Gasteiger partial charge >= 0.3 is 0 Å². The second kappa shape index (κ2) is 6.72. The van der Waals surface area contributed by atoms with Crippen LogP contribution in [0.25, 0.3) is 0 Å². The van der Waals surface area contributed by atoms with Gasteiger partial charge in [-0.2, -0.15) is 0 Å². The zero-order valence-electron chi connectivity index (χ0n) is 12.4. The molecule has 1 aromatic rings. The van der Waals surface area contributed by atoms with E-state index in [0.29, 0.717) is 12.6 Å². The predicted molar refractivity (Wildman–Crippen MR) is 85.6 cm³/mol. The summed E-state index contributed by atoms with van der Waals surface area (Å²) in [6.07, 6.45) is 2.57. The van der Waals surface area contributed by atoms with E-state index in [1.807, 2.05) is 18.2 Å². The van der Waals surface area contributed by atoms with Crippen LogP contribution in [0.4, 0.5) is 5.69 Å². The lowest BCUT2D eigenvalue weighted by molar-refractivity contribution is 0.101. The summed E-state index contributed by atoms with van der Waals surface area (Å²) in [5.74, 6) is 0.851. The highest BCUT2D eigenvalue weighted by molar-refractivity contribution is 9.10. The number of ketones is 1. The van der Waals surface area contributed by atoms with Crippen molar-refractivity contribution in [3.05, 3.63) is 28.2 Å². The number of Topliss-reactive ketones (excluding diaryl/α,β-unsaturated/α-hetero) is 1. The molecule has 0 aliphatic heterocycles. The molecule has 0 bridgehead atoms. The summed E-state index contributed by atoms with van der Waals surface area (Å²) in [5.41, 5.74) is 1.81. The van der Waals surface area contributed by atoms with Gasteiger partial charge in [0.25, 0.3) is 0 Å². The van der Waals surface area contributed by atoms with E-state index < -0.39 is 0 Å². The molecule has 4 heteroatoms. The molecule has 0 heterocycles. The normalized spacial score (nSPS) is 16.0. The summed E-state index contributed by atoms with van der Waals surface area (Å²) in [6.45, 7) is 5.35. The van der Waals surface area contributed by atoms with Crippen LogP contribution in [0.15, 0.2) is 22.7 Å². The molecular weight excluding hydrogens is 318 g/mol. The summed E-state index contributed by atoms with van der Waals surface area (Å²) in [7, 11) is 1.72. The minimum absolute atomic E-state index is 0.109. The Bertz CT molecular complexity index is 485. The Hall–Kier alpha value is -0.870. The Balaban J connectivity index is 2.35. The number of halogens is 1. The molecule has 0 N–H and O–H groups in total. The van der Waals surface area contributed by atoms with E-state index in [0.717, 1.165) is 28.2 Å². The van der Waals surface area contributed by atoms with Gasteiger partial charge in [0, 0.05) is 35.4 Å². The maximum absolute atomic E-state index is 11.9. The summed E-state index contributed by atoms with van der Waals surface area (Å²) < 4.78 is 6.24. The van der Waals surface area contributed by atoms with E-state index in [4.69, 9.17) is 4.74 Å². The van der Waals surface area contributed by atoms with Gasteiger partial charge in [-0.25, -0.2) is 0 Å². The largest absolute Gasteiger partial charge is 0.383 e. The Labute approximate surface area is 129 Å². The van der Waals surface area contributed by atoms with Crippen LogP contribution in [0.2, 0.25) is 0 Å². The molecule has 0 spiro atoms. The van der Waals surface area contributed by atoms with E-state index in [1.165, 1.54) is 12.8 Å². The van der Waals surface area contributed by atoms with Crippen molar-refractivity contribution in [2.75, 3.05) is 25.2 Å². The number of hydrogen-bond donors (Lipinski definition) is 0. The third kappa shape index (κ3) is 3.61. The fourth-order valence-electron chi connectivity index (χ4n) is 2.61. The van der Waals surface area contributed by atoms with Crippen molar-refractivity contribution in [3.63, 3.8) is 0 Å². The van der Waals surface area contributed by atoms with Gasteiger partial charge in [0.1, 0.15) is 0 Å². The summed E-state index contributed by atoms with van der Waals surface area (Å²) >= 11 is 3.51. The summed E-state index contributed by atoms with van der Waals surface area (Å²) in [4.78, 5) is 14.2. The van der Waals surface area contributed by atoms with E-state index >= 15 is 0 Å². The molecule has 0 amide bonds. The molecule has 1 aliphatic carbocycles. The highest BCUT2D eigenvalue weighted by Crippen LogP contribution is 2.38. The molecule has 110 valence electrons. The first kappa shape index (κ1) is 15.5. The molecule has 0 aromatic heterocycles. The van der Waals surface area contributed by atoms with Gasteiger partial charge in [-0.05, 0) is 50.8 Å². The maximum Gasteiger partial charge on any atom is 0.161 e. The first-order valence-corrected chi connectivity index (χ1v) is 7.90. The van der Waals surface area contributed by atoms with Crippen molar-refractivity contribution in [2.24, 2.45) is 5.92 Å². The van der Waals surface area contributed by atoms with Crippen LogP contribution in [0.5, 0.6) is 0 Å². The first-order valence-electron chi connectivity index (χ1n) is 7.10. The molecule has 0 radical (unpaired) electrons. The lowest BCUT2D eigenvalue weighted by Crippen LogP contribution is -2.38. The van der Waals surface area contributed by atoms with Gasteiger partial charge in [0.05, 0.1) is 6.61 Å². The number of nitrogens with zero attached hydrogens (tertiary/aromatic N) is 1. The van der Waals surface area contributed by atoms with Crippen LogP contribution in [0, 0.1) is 5.92 Å². The molecule has 1 aromatic carbocycles. The molecule has 1 aliphatic rings. The van der Waals surface area contributed by atoms with Crippen molar-refractivity contribution < 1.29 is 9.53 Å². The second-order valence-corrected chi connectivity index (χ2v) is 6.40. The second-order valence-electron chi connectivity index (χ2n) is 5.48. The molecule has 1 fully saturated rings. The van der Waals surface area contributed by atoms with Crippen molar-refractivity contribution in [1.29, 1.82) is 0 Å². The van der Waals surface area contributed by atoms with Crippen molar-refractivity contribution in [2.45, 2.75) is 32.7 Å². The van der Waals surface area contributed by atoms with Crippen molar-refractivity contribution in [3.8, 4) is 0 Å². The third-order valence-electron chi connectivity index (χ3n) is 3.98. The maximum atomic E-state index is 11.9. The zero-order chi connectivity index (χ0) is 14.7. The molecule has 1 saturated carbocycles. The molecular formula is C16H22BrNO2. The lowest BCUT2D eigenvalue weighted by atomic mass is 10.1. The number of carbonyl (C=O) groups is 1. The zero-order valence-corrected chi connectivity index (χ0v) is 13.9. The topological polar surface area (TPSA) is 29.5 Å². The van der Waals surface area contributed by atoms with Gasteiger partial charge in [-0.3, -0.25) is 4.79 Å². The van der Waals surface area contributed by atoms with E-state index in [2.05, 4.69) is 27.8 Å². The number of ether oxygens (including phenoxy) is 1. The Morgan fingerprint density at radius 1 is 1.50 bits per heavy atom. The smallest absolute Gasteiger partial charge is 0.161 e. The van der Waals surface area contributed by atoms with Crippen LogP contribution >= 0.6 is 15.9 Å². The number of benzene rings is 1. The highest BCUT2D eigenvalue weighted by Gasteiger charge is 2.33. The fraction of sp³-hybridized carbons (Fsp3) is 0.562. The highest BCUT2D eigenvalue weighted by atomic mass is 79.9. The summed E-state index contributed by atoms with van der Waals surface area (Å²) in [6, 6.07) is 6.32. The number of carbonyl (C=O) groups excluding carboxylic acids is 1. The predicted octanol–water partition coefficient (Wildman–Crippen LogP) is 3.90. The van der Waals surface area contributed by atoms with Crippen LogP contribution in [0.3, 0.4) is 0 Å². The van der Waals surface area contributed by atoms with Crippen LogP contribution in [-0.2, 0) is 4.74 Å². The average molecular weight is 340 g/mol. The van der Waals surface area contributed by atoms with Gasteiger partial charge in [0.15, 0.2) is 5.78 Å². The number of anilines is 1. The molecule has 1 atom stereocenters. The van der Waals surface area contributed by atoms with E-state index in [9.17, 15) is 4.79 Å². The number of methoxy groups -OCH3 is 1. The van der Waals surface area contributed by atoms with E-state index in [1.54, 1.807) is 14.0 Å². The summed E-state index contributed by atoms with van der Waals surface area (Å²) in [5, 5.41) is 0. The number of rotatable bonds is 7. The minimum Gasteiger partial charge on any atom is -0.383 e. The van der Waals surface area contributed by atoms with E-state index in [-0.39, 0.29) is 5.78 Å². The van der Waals surface area contributed by atoms with Gasteiger partial charge in [-0.15, -0.1) is 0 Å². The molecule has 3 nitrogen and oxygen atoms in total. The average Bonchev–Trinajstić information content (AvgIpc) is 3.23. The Morgan fingerprint density at radius 2 is 2.20 bits per heavy atom. The molecule has 20 heavy (non-hydrogen) atoms. The van der Waals surface area contributed by atoms with Crippen molar-refractivity contribution >= 4 is 27.4 Å². The third-order valence-corrected chi connectivity index (χ3v) is 4.47. The quantitative estimate of drug-likeness (QED) is 0.705. The van der Waals surface area contributed by atoms with Gasteiger partial charge < -0.3 is 9.64 Å². The SMILES string of the molecule is COCCN(c1cc(Br)ccc1C(C)=O)C(C)C1CC1. The minimum atomic E-state index is 0.109. The van der Waals surface area contributed by atoms with Gasteiger partial charge in [0.2, 0.25) is 0 Å². The van der Waals surface area contributed by atoms with Gasteiger partial charge in [-0.1, -0.05) is 15.9 Å². The molecule has 2 rings (SSSR count). The Kier molecular flexibility index (Phi) is 5.22. The molecule has 1 unspecified atom stereocenters. The fourth-order valence-corrected chi connectivity index (χ4v) is 2.96.